The zero-order valence-electron chi connectivity index (χ0n) is 13.9. The highest BCUT2D eigenvalue weighted by molar-refractivity contribution is 8.00. The first-order valence-electron chi connectivity index (χ1n) is 7.88. The molecule has 6 nitrogen and oxygen atoms in total. The van der Waals surface area contributed by atoms with Gasteiger partial charge in [-0.2, -0.15) is 0 Å². The number of thioether (sulfide) groups is 1. The van der Waals surface area contributed by atoms with Crippen LogP contribution in [0.5, 0.6) is 0 Å². The molecule has 0 saturated heterocycles. The summed E-state index contributed by atoms with van der Waals surface area (Å²) < 4.78 is 25.0. The molecule has 0 amide bonds. The van der Waals surface area contributed by atoms with Crippen molar-refractivity contribution < 1.29 is 13.2 Å². The number of aromatic nitrogens is 2. The number of carbonyl (C=O) groups is 1. The van der Waals surface area contributed by atoms with Crippen LogP contribution < -0.4 is 4.31 Å². The SMILES string of the molecule is CS(=O)(=O)N1CCc2cc(C(=O)CSc3ncnc4sccc34)ccc21. The Morgan fingerprint density at radius 3 is 2.96 bits per heavy atom. The summed E-state index contributed by atoms with van der Waals surface area (Å²) >= 11 is 2.94. The molecule has 1 aromatic carbocycles. The number of sulfonamides is 1. The molecule has 0 atom stereocenters. The number of fused-ring (bicyclic) bond motifs is 2. The third-order valence-corrected chi connectivity index (χ3v) is 7.23. The number of hydrogen-bond acceptors (Lipinski definition) is 7. The van der Waals surface area contributed by atoms with Crippen molar-refractivity contribution in [2.24, 2.45) is 0 Å². The zero-order chi connectivity index (χ0) is 18.3. The van der Waals surface area contributed by atoms with Crippen LogP contribution in [0.1, 0.15) is 15.9 Å². The Bertz CT molecular complexity index is 1110. The van der Waals surface area contributed by atoms with E-state index in [9.17, 15) is 13.2 Å². The molecule has 4 rings (SSSR count). The molecule has 26 heavy (non-hydrogen) atoms. The third-order valence-electron chi connectivity index (χ3n) is 4.22. The van der Waals surface area contributed by atoms with Gasteiger partial charge in [0.05, 0.1) is 17.7 Å². The molecule has 0 spiro atoms. The van der Waals surface area contributed by atoms with Gasteiger partial charge >= 0.3 is 0 Å². The van der Waals surface area contributed by atoms with Gasteiger partial charge in [0.15, 0.2) is 5.78 Å². The number of rotatable bonds is 5. The largest absolute Gasteiger partial charge is 0.293 e. The molecule has 0 bridgehead atoms. The van der Waals surface area contributed by atoms with E-state index in [-0.39, 0.29) is 11.5 Å². The highest BCUT2D eigenvalue weighted by Crippen LogP contribution is 2.32. The number of Topliss-reactive ketones (excluding diaryl/α,β-unsaturated/α-hetero) is 1. The first-order valence-corrected chi connectivity index (χ1v) is 11.6. The lowest BCUT2D eigenvalue weighted by Gasteiger charge is -2.16. The van der Waals surface area contributed by atoms with Crippen LogP contribution >= 0.6 is 23.1 Å². The van der Waals surface area contributed by atoms with Crippen LogP contribution in [0.25, 0.3) is 10.2 Å². The second-order valence-electron chi connectivity index (χ2n) is 5.96. The minimum Gasteiger partial charge on any atom is -0.293 e. The van der Waals surface area contributed by atoms with Crippen LogP contribution in [-0.4, -0.2) is 42.7 Å². The smallest absolute Gasteiger partial charge is 0.232 e. The van der Waals surface area contributed by atoms with Crippen molar-refractivity contribution in [2.45, 2.75) is 11.4 Å². The Morgan fingerprint density at radius 2 is 2.15 bits per heavy atom. The van der Waals surface area contributed by atoms with Crippen LogP contribution in [-0.2, 0) is 16.4 Å². The molecule has 134 valence electrons. The third kappa shape index (κ3) is 3.22. The van der Waals surface area contributed by atoms with Crippen molar-refractivity contribution in [3.05, 3.63) is 47.1 Å². The number of nitrogens with zero attached hydrogens (tertiary/aromatic N) is 3. The van der Waals surface area contributed by atoms with Crippen molar-refractivity contribution in [1.82, 2.24) is 9.97 Å². The molecule has 0 N–H and O–H groups in total. The number of carbonyl (C=O) groups excluding carboxylic acids is 1. The fraction of sp³-hybridized carbons (Fsp3) is 0.235. The van der Waals surface area contributed by atoms with Gasteiger partial charge in [0, 0.05) is 17.5 Å². The summed E-state index contributed by atoms with van der Waals surface area (Å²) in [5, 5.41) is 3.72. The molecule has 3 aromatic rings. The Kier molecular flexibility index (Phi) is 4.45. The maximum atomic E-state index is 12.6. The van der Waals surface area contributed by atoms with Crippen molar-refractivity contribution in [2.75, 3.05) is 22.9 Å². The normalized spacial score (nSPS) is 14.0. The Labute approximate surface area is 159 Å². The summed E-state index contributed by atoms with van der Waals surface area (Å²) in [7, 11) is -3.28. The van der Waals surface area contributed by atoms with Crippen LogP contribution in [0.4, 0.5) is 5.69 Å². The van der Waals surface area contributed by atoms with Gasteiger partial charge in [-0.3, -0.25) is 9.10 Å². The lowest BCUT2D eigenvalue weighted by Crippen LogP contribution is -2.27. The molecule has 1 aliphatic heterocycles. The highest BCUT2D eigenvalue weighted by atomic mass is 32.2. The van der Waals surface area contributed by atoms with E-state index < -0.39 is 10.0 Å². The van der Waals surface area contributed by atoms with Crippen molar-refractivity contribution in [3.63, 3.8) is 0 Å². The van der Waals surface area contributed by atoms with Crippen molar-refractivity contribution in [1.29, 1.82) is 0 Å². The van der Waals surface area contributed by atoms with Crippen LogP contribution in [0, 0.1) is 0 Å². The summed E-state index contributed by atoms with van der Waals surface area (Å²) in [6.07, 6.45) is 3.34. The van der Waals surface area contributed by atoms with E-state index in [2.05, 4.69) is 9.97 Å². The average molecular weight is 406 g/mol. The quantitative estimate of drug-likeness (QED) is 0.369. The number of anilines is 1. The lowest BCUT2D eigenvalue weighted by atomic mass is 10.1. The van der Waals surface area contributed by atoms with E-state index in [0.29, 0.717) is 24.2 Å². The van der Waals surface area contributed by atoms with Gasteiger partial charge < -0.3 is 0 Å². The molecule has 0 fully saturated rings. The fourth-order valence-electron chi connectivity index (χ4n) is 2.99. The van der Waals surface area contributed by atoms with Gasteiger partial charge in [0.25, 0.3) is 0 Å². The molecular weight excluding hydrogens is 390 g/mol. The number of thiophene rings is 1. The Hall–Kier alpha value is -1.97. The second kappa shape index (κ2) is 6.64. The number of benzene rings is 1. The van der Waals surface area contributed by atoms with Gasteiger partial charge in [-0.1, -0.05) is 11.8 Å². The summed E-state index contributed by atoms with van der Waals surface area (Å²) in [6.45, 7) is 0.428. The van der Waals surface area contributed by atoms with Crippen LogP contribution in [0.2, 0.25) is 0 Å². The number of ketones is 1. The van der Waals surface area contributed by atoms with Crippen LogP contribution in [0.15, 0.2) is 41.0 Å². The molecule has 0 saturated carbocycles. The maximum absolute atomic E-state index is 12.6. The van der Waals surface area contributed by atoms with E-state index >= 15 is 0 Å². The summed E-state index contributed by atoms with van der Waals surface area (Å²) in [5.74, 6) is 0.272. The van der Waals surface area contributed by atoms with Gasteiger partial charge in [0.2, 0.25) is 10.0 Å². The monoisotopic (exact) mass is 405 g/mol. The van der Waals surface area contributed by atoms with Gasteiger partial charge in [-0.15, -0.1) is 11.3 Å². The van der Waals surface area contributed by atoms with Crippen LogP contribution in [0.3, 0.4) is 0 Å². The van der Waals surface area contributed by atoms with Crippen molar-refractivity contribution >= 4 is 54.8 Å². The standard InChI is InChI=1S/C17H15N3O3S3/c1-26(22,23)20-6-4-11-8-12(2-3-14(11)20)15(21)9-25-17-13-5-7-24-16(13)18-10-19-17/h2-3,5,7-8,10H,4,6,9H2,1H3. The lowest BCUT2D eigenvalue weighted by molar-refractivity contribution is 0.102. The van der Waals surface area contributed by atoms with Gasteiger partial charge in [0.1, 0.15) is 16.2 Å². The van der Waals surface area contributed by atoms with E-state index in [4.69, 9.17) is 0 Å². The van der Waals surface area contributed by atoms with E-state index in [0.717, 1.165) is 20.8 Å². The molecule has 3 heterocycles. The maximum Gasteiger partial charge on any atom is 0.232 e. The van der Waals surface area contributed by atoms with Gasteiger partial charge in [-0.25, -0.2) is 18.4 Å². The van der Waals surface area contributed by atoms with Gasteiger partial charge in [-0.05, 0) is 41.6 Å². The molecule has 1 aliphatic rings. The zero-order valence-corrected chi connectivity index (χ0v) is 16.3. The average Bonchev–Trinajstić information content (AvgIpc) is 3.25. The fourth-order valence-corrected chi connectivity index (χ4v) is 5.62. The molecule has 0 radical (unpaired) electrons. The molecule has 2 aromatic heterocycles. The number of hydrogen-bond donors (Lipinski definition) is 0. The minimum atomic E-state index is -3.28. The van der Waals surface area contributed by atoms with E-state index in [1.165, 1.54) is 28.7 Å². The van der Waals surface area contributed by atoms with E-state index in [1.54, 1.807) is 23.5 Å². The predicted octanol–water partition coefficient (Wildman–Crippen LogP) is 2.99. The molecule has 9 heteroatoms. The topological polar surface area (TPSA) is 80.2 Å². The van der Waals surface area contributed by atoms with Crippen molar-refractivity contribution in [3.8, 4) is 0 Å². The first-order chi connectivity index (χ1) is 12.4. The second-order valence-corrected chi connectivity index (χ2v) is 9.72. The molecular formula is C17H15N3O3S3. The first kappa shape index (κ1) is 17.4. The predicted molar refractivity (Wildman–Crippen MR) is 105 cm³/mol. The summed E-state index contributed by atoms with van der Waals surface area (Å²) in [5.41, 5.74) is 2.17. The Morgan fingerprint density at radius 1 is 1.31 bits per heavy atom. The van der Waals surface area contributed by atoms with E-state index in [1.807, 2.05) is 17.5 Å². The molecule has 0 aliphatic carbocycles. The highest BCUT2D eigenvalue weighted by Gasteiger charge is 2.26. The summed E-state index contributed by atoms with van der Waals surface area (Å²) in [6, 6.07) is 7.19. The molecule has 0 unspecified atom stereocenters. The minimum absolute atomic E-state index is 0.00222. The Balaban J connectivity index is 1.52. The summed E-state index contributed by atoms with van der Waals surface area (Å²) in [4.78, 5) is 22.0.